The van der Waals surface area contributed by atoms with Crippen molar-refractivity contribution >= 4 is 28.8 Å². The SMILES string of the molecule is CC1=C(Nc2cc(N)ccc2Cl)CCC1=O. The monoisotopic (exact) mass is 236 g/mol. The van der Waals surface area contributed by atoms with Crippen molar-refractivity contribution in [3.63, 3.8) is 0 Å². The number of nitrogens with one attached hydrogen (secondary N) is 1. The van der Waals surface area contributed by atoms with Gasteiger partial charge < -0.3 is 11.1 Å². The van der Waals surface area contributed by atoms with Gasteiger partial charge in [0, 0.05) is 23.4 Å². The molecule has 0 atom stereocenters. The number of rotatable bonds is 2. The molecule has 0 amide bonds. The fourth-order valence-electron chi connectivity index (χ4n) is 1.74. The standard InChI is InChI=1S/C12H13ClN2O/c1-7-10(4-5-12(7)16)15-11-6-8(14)2-3-9(11)13/h2-3,6,15H,4-5,14H2,1H3. The van der Waals surface area contributed by atoms with Crippen LogP contribution in [0, 0.1) is 0 Å². The second-order valence-electron chi connectivity index (χ2n) is 3.89. The molecule has 0 aliphatic heterocycles. The van der Waals surface area contributed by atoms with Crippen LogP contribution in [0.3, 0.4) is 0 Å². The Morgan fingerprint density at radius 2 is 2.12 bits per heavy atom. The summed E-state index contributed by atoms with van der Waals surface area (Å²) in [5, 5.41) is 3.78. The lowest BCUT2D eigenvalue weighted by Crippen LogP contribution is -2.00. The van der Waals surface area contributed by atoms with E-state index in [1.54, 1.807) is 18.2 Å². The maximum Gasteiger partial charge on any atom is 0.160 e. The normalized spacial score (nSPS) is 15.8. The highest BCUT2D eigenvalue weighted by atomic mass is 35.5. The molecule has 2 rings (SSSR count). The number of carbonyl (C=O) groups is 1. The maximum atomic E-state index is 11.4. The molecule has 1 aromatic carbocycles. The average molecular weight is 237 g/mol. The van der Waals surface area contributed by atoms with Crippen LogP contribution in [0.5, 0.6) is 0 Å². The van der Waals surface area contributed by atoms with Crippen LogP contribution in [0.25, 0.3) is 0 Å². The van der Waals surface area contributed by atoms with E-state index in [1.807, 2.05) is 6.92 Å². The number of allylic oxidation sites excluding steroid dienone is 2. The lowest BCUT2D eigenvalue weighted by atomic mass is 10.2. The Balaban J connectivity index is 2.28. The van der Waals surface area contributed by atoms with Crippen molar-refractivity contribution in [3.8, 4) is 0 Å². The Kier molecular flexibility index (Phi) is 2.88. The van der Waals surface area contributed by atoms with Gasteiger partial charge in [-0.25, -0.2) is 0 Å². The van der Waals surface area contributed by atoms with E-state index in [0.717, 1.165) is 23.4 Å². The molecule has 84 valence electrons. The molecule has 0 aromatic heterocycles. The summed E-state index contributed by atoms with van der Waals surface area (Å²) in [6.45, 7) is 1.83. The van der Waals surface area contributed by atoms with Crippen molar-refractivity contribution in [1.82, 2.24) is 0 Å². The first kappa shape index (κ1) is 11.0. The summed E-state index contributed by atoms with van der Waals surface area (Å²) in [7, 11) is 0. The second kappa shape index (κ2) is 4.18. The second-order valence-corrected chi connectivity index (χ2v) is 4.30. The number of Topliss-reactive ketones (excluding diaryl/α,β-unsaturated/α-hetero) is 1. The molecule has 1 aromatic rings. The number of nitrogens with two attached hydrogens (primary N) is 1. The highest BCUT2D eigenvalue weighted by Crippen LogP contribution is 2.29. The first-order chi connectivity index (χ1) is 7.58. The van der Waals surface area contributed by atoms with Crippen LogP contribution >= 0.6 is 11.6 Å². The first-order valence-corrected chi connectivity index (χ1v) is 5.50. The number of benzene rings is 1. The van der Waals surface area contributed by atoms with Crippen molar-refractivity contribution in [1.29, 1.82) is 0 Å². The van der Waals surface area contributed by atoms with Crippen molar-refractivity contribution in [2.24, 2.45) is 0 Å². The van der Waals surface area contributed by atoms with Gasteiger partial charge in [0.25, 0.3) is 0 Å². The first-order valence-electron chi connectivity index (χ1n) is 5.13. The Hall–Kier alpha value is -1.48. The van der Waals surface area contributed by atoms with Crippen LogP contribution in [-0.2, 0) is 4.79 Å². The number of carbonyl (C=O) groups excluding carboxylic acids is 1. The van der Waals surface area contributed by atoms with E-state index >= 15 is 0 Å². The number of hydrogen-bond donors (Lipinski definition) is 2. The van der Waals surface area contributed by atoms with Gasteiger partial charge in [-0.3, -0.25) is 4.79 Å². The van der Waals surface area contributed by atoms with E-state index in [9.17, 15) is 4.79 Å². The predicted molar refractivity (Wildman–Crippen MR) is 66.4 cm³/mol. The Bertz CT molecular complexity index is 480. The number of anilines is 2. The third kappa shape index (κ3) is 2.04. The summed E-state index contributed by atoms with van der Waals surface area (Å²) >= 11 is 6.03. The molecule has 0 heterocycles. The Morgan fingerprint density at radius 1 is 1.38 bits per heavy atom. The van der Waals surface area contributed by atoms with Crippen LogP contribution in [0.2, 0.25) is 5.02 Å². The molecule has 1 aliphatic rings. The predicted octanol–water partition coefficient (Wildman–Crippen LogP) is 2.97. The molecule has 0 saturated carbocycles. The fourth-order valence-corrected chi connectivity index (χ4v) is 1.90. The summed E-state index contributed by atoms with van der Waals surface area (Å²) in [5.41, 5.74) is 8.82. The average Bonchev–Trinajstić information content (AvgIpc) is 2.55. The van der Waals surface area contributed by atoms with Crippen LogP contribution in [-0.4, -0.2) is 5.78 Å². The van der Waals surface area contributed by atoms with E-state index in [0.29, 0.717) is 17.1 Å². The zero-order chi connectivity index (χ0) is 11.7. The number of hydrogen-bond acceptors (Lipinski definition) is 3. The number of nitrogen functional groups attached to an aromatic ring is 1. The lowest BCUT2D eigenvalue weighted by Gasteiger charge is -2.10. The summed E-state index contributed by atoms with van der Waals surface area (Å²) in [4.78, 5) is 11.4. The quantitative estimate of drug-likeness (QED) is 0.777. The maximum absolute atomic E-state index is 11.4. The van der Waals surface area contributed by atoms with Gasteiger partial charge in [0.15, 0.2) is 5.78 Å². The lowest BCUT2D eigenvalue weighted by molar-refractivity contribution is -0.114. The van der Waals surface area contributed by atoms with Gasteiger partial charge in [0.05, 0.1) is 10.7 Å². The number of ketones is 1. The molecule has 0 saturated heterocycles. The van der Waals surface area contributed by atoms with Crippen LogP contribution in [0.4, 0.5) is 11.4 Å². The Morgan fingerprint density at radius 3 is 2.75 bits per heavy atom. The minimum absolute atomic E-state index is 0.197. The van der Waals surface area contributed by atoms with Crippen molar-refractivity contribution in [2.75, 3.05) is 11.1 Å². The molecule has 0 spiro atoms. The topological polar surface area (TPSA) is 55.1 Å². The summed E-state index contributed by atoms with van der Waals surface area (Å²) in [6, 6.07) is 5.26. The summed E-state index contributed by atoms with van der Waals surface area (Å²) in [6.07, 6.45) is 1.32. The molecule has 0 fully saturated rings. The van der Waals surface area contributed by atoms with Gasteiger partial charge >= 0.3 is 0 Å². The van der Waals surface area contributed by atoms with E-state index in [2.05, 4.69) is 5.32 Å². The summed E-state index contributed by atoms with van der Waals surface area (Å²) < 4.78 is 0. The molecular formula is C12H13ClN2O. The smallest absolute Gasteiger partial charge is 0.160 e. The van der Waals surface area contributed by atoms with E-state index in [1.165, 1.54) is 0 Å². The van der Waals surface area contributed by atoms with Gasteiger partial charge in [-0.05, 0) is 31.5 Å². The third-order valence-corrected chi connectivity index (χ3v) is 3.08. The van der Waals surface area contributed by atoms with Gasteiger partial charge in [0.2, 0.25) is 0 Å². The zero-order valence-electron chi connectivity index (χ0n) is 9.01. The molecule has 16 heavy (non-hydrogen) atoms. The zero-order valence-corrected chi connectivity index (χ0v) is 9.77. The molecular weight excluding hydrogens is 224 g/mol. The van der Waals surface area contributed by atoms with Crippen LogP contribution in [0.1, 0.15) is 19.8 Å². The minimum atomic E-state index is 0.197. The molecule has 0 unspecified atom stereocenters. The highest BCUT2D eigenvalue weighted by molar-refractivity contribution is 6.33. The van der Waals surface area contributed by atoms with Crippen LogP contribution < -0.4 is 11.1 Å². The van der Waals surface area contributed by atoms with Gasteiger partial charge in [-0.1, -0.05) is 11.6 Å². The molecule has 3 N–H and O–H groups in total. The fraction of sp³-hybridized carbons (Fsp3) is 0.250. The van der Waals surface area contributed by atoms with Crippen molar-refractivity contribution in [3.05, 3.63) is 34.5 Å². The minimum Gasteiger partial charge on any atom is -0.399 e. The largest absolute Gasteiger partial charge is 0.399 e. The van der Waals surface area contributed by atoms with E-state index < -0.39 is 0 Å². The molecule has 4 heteroatoms. The van der Waals surface area contributed by atoms with Gasteiger partial charge in [-0.15, -0.1) is 0 Å². The molecule has 3 nitrogen and oxygen atoms in total. The van der Waals surface area contributed by atoms with Crippen molar-refractivity contribution < 1.29 is 4.79 Å². The van der Waals surface area contributed by atoms with E-state index in [4.69, 9.17) is 17.3 Å². The van der Waals surface area contributed by atoms with Crippen LogP contribution in [0.15, 0.2) is 29.5 Å². The Labute approximate surface area is 99.3 Å². The third-order valence-electron chi connectivity index (χ3n) is 2.75. The molecule has 1 aliphatic carbocycles. The molecule has 0 radical (unpaired) electrons. The van der Waals surface area contributed by atoms with Gasteiger partial charge in [-0.2, -0.15) is 0 Å². The van der Waals surface area contributed by atoms with Crippen molar-refractivity contribution in [2.45, 2.75) is 19.8 Å². The van der Waals surface area contributed by atoms with Gasteiger partial charge in [0.1, 0.15) is 0 Å². The molecule has 0 bridgehead atoms. The summed E-state index contributed by atoms with van der Waals surface area (Å²) in [5.74, 6) is 0.197. The number of halogens is 1. The van der Waals surface area contributed by atoms with E-state index in [-0.39, 0.29) is 5.78 Å². The highest BCUT2D eigenvalue weighted by Gasteiger charge is 2.19.